The molecule has 0 spiro atoms. The van der Waals surface area contributed by atoms with E-state index in [-0.39, 0.29) is 11.9 Å². The third kappa shape index (κ3) is 2.79. The highest BCUT2D eigenvalue weighted by atomic mass is 19.1. The molecule has 0 fully saturated rings. The molecule has 1 atom stereocenters. The van der Waals surface area contributed by atoms with Crippen LogP contribution in [0, 0.1) is 5.82 Å². The monoisotopic (exact) mass is 283 g/mol. The van der Waals surface area contributed by atoms with Crippen molar-refractivity contribution >= 4 is 0 Å². The highest BCUT2D eigenvalue weighted by Gasteiger charge is 2.15. The lowest BCUT2D eigenvalue weighted by molar-refractivity contribution is 0.492. The molecule has 21 heavy (non-hydrogen) atoms. The SMILES string of the molecule is CC[C@@H](c1ccc(F)cc1)n1cc(-c2ncccn2)nn1. The van der Waals surface area contributed by atoms with E-state index in [0.717, 1.165) is 12.0 Å². The van der Waals surface area contributed by atoms with Crippen molar-refractivity contribution in [3.8, 4) is 11.5 Å². The smallest absolute Gasteiger partial charge is 0.181 e. The summed E-state index contributed by atoms with van der Waals surface area (Å²) in [7, 11) is 0. The highest BCUT2D eigenvalue weighted by Crippen LogP contribution is 2.22. The summed E-state index contributed by atoms with van der Waals surface area (Å²) in [6.07, 6.45) is 5.97. The number of aromatic nitrogens is 5. The van der Waals surface area contributed by atoms with Crippen molar-refractivity contribution in [2.75, 3.05) is 0 Å². The van der Waals surface area contributed by atoms with Gasteiger partial charge in [-0.25, -0.2) is 19.0 Å². The number of hydrogen-bond donors (Lipinski definition) is 0. The van der Waals surface area contributed by atoms with Crippen molar-refractivity contribution < 1.29 is 4.39 Å². The molecular formula is C15H14FN5. The second-order valence-electron chi connectivity index (χ2n) is 4.63. The van der Waals surface area contributed by atoms with Gasteiger partial charge in [0.25, 0.3) is 0 Å². The van der Waals surface area contributed by atoms with Gasteiger partial charge in [0.15, 0.2) is 5.82 Å². The van der Waals surface area contributed by atoms with Crippen molar-refractivity contribution in [3.05, 3.63) is 60.3 Å². The summed E-state index contributed by atoms with van der Waals surface area (Å²) in [5, 5.41) is 8.27. The van der Waals surface area contributed by atoms with E-state index in [2.05, 4.69) is 20.3 Å². The van der Waals surface area contributed by atoms with Crippen molar-refractivity contribution in [1.82, 2.24) is 25.0 Å². The summed E-state index contributed by atoms with van der Waals surface area (Å²) in [6, 6.07) is 8.21. The van der Waals surface area contributed by atoms with Crippen molar-refractivity contribution in [2.24, 2.45) is 0 Å². The first kappa shape index (κ1) is 13.4. The zero-order valence-electron chi connectivity index (χ0n) is 11.5. The molecule has 0 aliphatic heterocycles. The van der Waals surface area contributed by atoms with Gasteiger partial charge in [0.05, 0.1) is 12.2 Å². The van der Waals surface area contributed by atoms with Gasteiger partial charge in [-0.2, -0.15) is 0 Å². The molecule has 3 rings (SSSR count). The van der Waals surface area contributed by atoms with Crippen LogP contribution in [0.15, 0.2) is 48.9 Å². The second kappa shape index (κ2) is 5.78. The van der Waals surface area contributed by atoms with Gasteiger partial charge >= 0.3 is 0 Å². The van der Waals surface area contributed by atoms with Crippen LogP contribution < -0.4 is 0 Å². The molecule has 3 aromatic rings. The molecule has 5 nitrogen and oxygen atoms in total. The van der Waals surface area contributed by atoms with E-state index in [1.54, 1.807) is 35.3 Å². The fourth-order valence-electron chi connectivity index (χ4n) is 2.22. The predicted molar refractivity (Wildman–Crippen MR) is 75.9 cm³/mol. The number of rotatable bonds is 4. The summed E-state index contributed by atoms with van der Waals surface area (Å²) in [4.78, 5) is 8.31. The van der Waals surface area contributed by atoms with Crippen LogP contribution in [0.3, 0.4) is 0 Å². The lowest BCUT2D eigenvalue weighted by atomic mass is 10.0. The van der Waals surface area contributed by atoms with E-state index in [1.807, 2.05) is 13.1 Å². The minimum absolute atomic E-state index is 0.00978. The third-order valence-corrected chi connectivity index (χ3v) is 3.27. The summed E-state index contributed by atoms with van der Waals surface area (Å²) in [5.74, 6) is 0.295. The molecule has 2 heterocycles. The Morgan fingerprint density at radius 1 is 1.14 bits per heavy atom. The molecule has 0 bridgehead atoms. The maximum atomic E-state index is 13.0. The minimum atomic E-state index is -0.245. The van der Waals surface area contributed by atoms with Gasteiger partial charge in [0.1, 0.15) is 11.5 Å². The standard InChI is InChI=1S/C15H14FN5/c1-2-14(11-4-6-12(16)7-5-11)21-10-13(19-20-21)15-17-8-3-9-18-15/h3-10,14H,2H2,1H3/t14-/m0/s1. The van der Waals surface area contributed by atoms with Crippen LogP contribution in [0.4, 0.5) is 4.39 Å². The van der Waals surface area contributed by atoms with Crippen LogP contribution in [-0.2, 0) is 0 Å². The van der Waals surface area contributed by atoms with Gasteiger partial charge < -0.3 is 0 Å². The average molecular weight is 283 g/mol. The van der Waals surface area contributed by atoms with Crippen molar-refractivity contribution in [1.29, 1.82) is 0 Å². The third-order valence-electron chi connectivity index (χ3n) is 3.27. The second-order valence-corrected chi connectivity index (χ2v) is 4.63. The van der Waals surface area contributed by atoms with Crippen LogP contribution in [0.25, 0.3) is 11.5 Å². The molecule has 0 unspecified atom stereocenters. The Morgan fingerprint density at radius 2 is 1.86 bits per heavy atom. The first-order valence-electron chi connectivity index (χ1n) is 6.72. The molecule has 2 aromatic heterocycles. The van der Waals surface area contributed by atoms with E-state index in [1.165, 1.54) is 12.1 Å². The molecule has 0 saturated heterocycles. The van der Waals surface area contributed by atoms with E-state index in [4.69, 9.17) is 0 Å². The number of hydrogen-bond acceptors (Lipinski definition) is 4. The van der Waals surface area contributed by atoms with Crippen LogP contribution >= 0.6 is 0 Å². The Hall–Kier alpha value is -2.63. The molecule has 0 aliphatic carbocycles. The fourth-order valence-corrected chi connectivity index (χ4v) is 2.22. The quantitative estimate of drug-likeness (QED) is 0.738. The Balaban J connectivity index is 1.92. The highest BCUT2D eigenvalue weighted by molar-refractivity contribution is 5.45. The zero-order chi connectivity index (χ0) is 14.7. The molecule has 6 heteroatoms. The van der Waals surface area contributed by atoms with E-state index >= 15 is 0 Å². The van der Waals surface area contributed by atoms with Gasteiger partial charge in [-0.3, -0.25) is 0 Å². The lowest BCUT2D eigenvalue weighted by Gasteiger charge is -2.14. The Labute approximate surface area is 121 Å². The first-order valence-corrected chi connectivity index (χ1v) is 6.72. The van der Waals surface area contributed by atoms with E-state index in [0.29, 0.717) is 11.5 Å². The summed E-state index contributed by atoms with van der Waals surface area (Å²) >= 11 is 0. The maximum absolute atomic E-state index is 13.0. The summed E-state index contributed by atoms with van der Waals surface area (Å²) < 4.78 is 14.8. The van der Waals surface area contributed by atoms with Crippen LogP contribution in [-0.4, -0.2) is 25.0 Å². The van der Waals surface area contributed by atoms with Crippen molar-refractivity contribution in [3.63, 3.8) is 0 Å². The van der Waals surface area contributed by atoms with Crippen LogP contribution in [0.5, 0.6) is 0 Å². The topological polar surface area (TPSA) is 56.5 Å². The first-order chi connectivity index (χ1) is 10.3. The van der Waals surface area contributed by atoms with Gasteiger partial charge in [-0.1, -0.05) is 24.3 Å². The number of nitrogens with zero attached hydrogens (tertiary/aromatic N) is 5. The number of benzene rings is 1. The van der Waals surface area contributed by atoms with E-state index < -0.39 is 0 Å². The molecule has 0 radical (unpaired) electrons. The van der Waals surface area contributed by atoms with Gasteiger partial charge in [0, 0.05) is 12.4 Å². The fraction of sp³-hybridized carbons (Fsp3) is 0.200. The molecular weight excluding hydrogens is 269 g/mol. The Bertz CT molecular complexity index is 708. The van der Waals surface area contributed by atoms with Gasteiger partial charge in [-0.05, 0) is 30.2 Å². The largest absolute Gasteiger partial charge is 0.244 e. The summed E-state index contributed by atoms with van der Waals surface area (Å²) in [6.45, 7) is 2.05. The zero-order valence-corrected chi connectivity index (χ0v) is 11.5. The lowest BCUT2D eigenvalue weighted by Crippen LogP contribution is -2.10. The normalized spacial score (nSPS) is 12.3. The van der Waals surface area contributed by atoms with E-state index in [9.17, 15) is 4.39 Å². The summed E-state index contributed by atoms with van der Waals surface area (Å²) in [5.41, 5.74) is 1.61. The molecule has 1 aromatic carbocycles. The molecule has 106 valence electrons. The molecule has 0 N–H and O–H groups in total. The van der Waals surface area contributed by atoms with Gasteiger partial charge in [-0.15, -0.1) is 5.10 Å². The van der Waals surface area contributed by atoms with Crippen LogP contribution in [0.1, 0.15) is 24.9 Å². The van der Waals surface area contributed by atoms with Crippen molar-refractivity contribution in [2.45, 2.75) is 19.4 Å². The average Bonchev–Trinajstić information content (AvgIpc) is 3.00. The van der Waals surface area contributed by atoms with Crippen LogP contribution in [0.2, 0.25) is 0 Å². The predicted octanol–water partition coefficient (Wildman–Crippen LogP) is 2.87. The molecule has 0 aliphatic rings. The molecule has 0 amide bonds. The minimum Gasteiger partial charge on any atom is -0.244 e. The van der Waals surface area contributed by atoms with Gasteiger partial charge in [0.2, 0.25) is 0 Å². The maximum Gasteiger partial charge on any atom is 0.181 e. The molecule has 0 saturated carbocycles. The Kier molecular flexibility index (Phi) is 3.68. The number of halogens is 1. The Morgan fingerprint density at radius 3 is 2.52 bits per heavy atom.